The summed E-state index contributed by atoms with van der Waals surface area (Å²) in [5.74, 6) is -0.625. The fourth-order valence-corrected chi connectivity index (χ4v) is 1.28. The first-order valence-electron chi connectivity index (χ1n) is 3.16. The number of rotatable bonds is 1. The lowest BCUT2D eigenvalue weighted by Crippen LogP contribution is -2.12. The zero-order valence-corrected chi connectivity index (χ0v) is 7.90. The highest BCUT2D eigenvalue weighted by Crippen LogP contribution is 2.23. The van der Waals surface area contributed by atoms with Crippen LogP contribution in [0.1, 0.15) is 21.7 Å². The van der Waals surface area contributed by atoms with Crippen LogP contribution in [0.4, 0.5) is 0 Å². The summed E-state index contributed by atoms with van der Waals surface area (Å²) in [6.45, 7) is 1.75. The van der Waals surface area contributed by atoms with Crippen LogP contribution in [-0.4, -0.2) is 10.9 Å². The number of hydrogen-bond donors (Lipinski definition) is 2. The van der Waals surface area contributed by atoms with Gasteiger partial charge in [0.15, 0.2) is 0 Å². The third-order valence-electron chi connectivity index (χ3n) is 1.47. The van der Waals surface area contributed by atoms with Crippen LogP contribution >= 0.6 is 15.9 Å². The fraction of sp³-hybridized carbons (Fsp3) is 0.143. The van der Waals surface area contributed by atoms with Crippen molar-refractivity contribution in [3.8, 4) is 6.07 Å². The highest BCUT2D eigenvalue weighted by molar-refractivity contribution is 9.10. The van der Waals surface area contributed by atoms with Crippen LogP contribution in [0.2, 0.25) is 0 Å². The van der Waals surface area contributed by atoms with Gasteiger partial charge in [-0.2, -0.15) is 5.26 Å². The smallest absolute Gasteiger partial charge is 0.266 e. The van der Waals surface area contributed by atoms with Gasteiger partial charge in [-0.3, -0.25) is 4.79 Å². The zero-order valence-electron chi connectivity index (χ0n) is 6.31. The van der Waals surface area contributed by atoms with Crippen molar-refractivity contribution < 1.29 is 4.79 Å². The molecule has 0 aliphatic carbocycles. The van der Waals surface area contributed by atoms with Gasteiger partial charge in [-0.1, -0.05) is 0 Å². The Bertz CT molecular complexity index is 375. The molecule has 12 heavy (non-hydrogen) atoms. The molecule has 0 atom stereocenters. The maximum Gasteiger partial charge on any atom is 0.266 e. The minimum Gasteiger partial charge on any atom is -0.364 e. The number of nitrogens with two attached hydrogens (primary N) is 1. The first-order chi connectivity index (χ1) is 5.57. The molecule has 0 radical (unpaired) electrons. The summed E-state index contributed by atoms with van der Waals surface area (Å²) in [7, 11) is 0. The Hall–Kier alpha value is -1.28. The maximum atomic E-state index is 10.8. The maximum absolute atomic E-state index is 10.8. The van der Waals surface area contributed by atoms with Crippen LogP contribution in [0.5, 0.6) is 0 Å². The number of amides is 1. The summed E-state index contributed by atoms with van der Waals surface area (Å²) < 4.78 is 0.596. The lowest BCUT2D eigenvalue weighted by atomic mass is 10.2. The number of carbonyl (C=O) groups is 1. The standard InChI is InChI=1S/C7H6BrN3O/c1-3-5(8)4(2-9)6(11-3)7(10)12/h11H,1H3,(H2,10,12). The molecule has 0 aromatic carbocycles. The Morgan fingerprint density at radius 1 is 1.75 bits per heavy atom. The molecule has 0 saturated carbocycles. The van der Waals surface area contributed by atoms with E-state index in [9.17, 15) is 4.79 Å². The summed E-state index contributed by atoms with van der Waals surface area (Å²) >= 11 is 3.17. The Balaban J connectivity index is 3.42. The van der Waals surface area contributed by atoms with E-state index in [-0.39, 0.29) is 11.3 Å². The first-order valence-corrected chi connectivity index (χ1v) is 3.95. The molecule has 0 unspecified atom stereocenters. The molecule has 5 heteroatoms. The Morgan fingerprint density at radius 3 is 2.67 bits per heavy atom. The van der Waals surface area contributed by atoms with Gasteiger partial charge in [-0.25, -0.2) is 0 Å². The van der Waals surface area contributed by atoms with E-state index in [0.717, 1.165) is 5.69 Å². The van der Waals surface area contributed by atoms with E-state index in [2.05, 4.69) is 20.9 Å². The molecule has 0 fully saturated rings. The predicted molar refractivity (Wildman–Crippen MR) is 46.5 cm³/mol. The summed E-state index contributed by atoms with van der Waals surface area (Å²) in [6, 6.07) is 1.89. The molecule has 0 saturated heterocycles. The molecular formula is C7H6BrN3O. The number of nitrogens with zero attached hydrogens (tertiary/aromatic N) is 1. The quantitative estimate of drug-likeness (QED) is 0.753. The second-order valence-corrected chi connectivity index (χ2v) is 3.08. The van der Waals surface area contributed by atoms with E-state index >= 15 is 0 Å². The predicted octanol–water partition coefficient (Wildman–Crippen LogP) is 1.06. The lowest BCUT2D eigenvalue weighted by molar-refractivity contribution is 0.0996. The van der Waals surface area contributed by atoms with Crippen molar-refractivity contribution in [2.75, 3.05) is 0 Å². The van der Waals surface area contributed by atoms with Crippen LogP contribution in [-0.2, 0) is 0 Å². The largest absolute Gasteiger partial charge is 0.364 e. The van der Waals surface area contributed by atoms with E-state index in [1.165, 1.54) is 0 Å². The van der Waals surface area contributed by atoms with Gasteiger partial charge < -0.3 is 10.7 Å². The fourth-order valence-electron chi connectivity index (χ4n) is 0.892. The van der Waals surface area contributed by atoms with Gasteiger partial charge in [0.25, 0.3) is 5.91 Å². The third-order valence-corrected chi connectivity index (χ3v) is 2.46. The number of nitrogens with one attached hydrogen (secondary N) is 1. The van der Waals surface area contributed by atoms with Crippen molar-refractivity contribution in [3.63, 3.8) is 0 Å². The average molecular weight is 228 g/mol. The summed E-state index contributed by atoms with van der Waals surface area (Å²) in [5.41, 5.74) is 6.17. The van der Waals surface area contributed by atoms with Crippen molar-refractivity contribution in [2.24, 2.45) is 5.73 Å². The molecule has 1 amide bonds. The second-order valence-electron chi connectivity index (χ2n) is 2.29. The van der Waals surface area contributed by atoms with Crippen molar-refractivity contribution in [1.82, 2.24) is 4.98 Å². The Kier molecular flexibility index (Phi) is 2.20. The van der Waals surface area contributed by atoms with Gasteiger partial charge in [0, 0.05) is 5.69 Å². The van der Waals surface area contributed by atoms with Crippen LogP contribution < -0.4 is 5.73 Å². The van der Waals surface area contributed by atoms with E-state index < -0.39 is 5.91 Å². The Morgan fingerprint density at radius 2 is 2.33 bits per heavy atom. The first kappa shape index (κ1) is 8.81. The van der Waals surface area contributed by atoms with Crippen LogP contribution in [0, 0.1) is 18.3 Å². The van der Waals surface area contributed by atoms with Crippen molar-refractivity contribution >= 4 is 21.8 Å². The number of carbonyl (C=O) groups excluding carboxylic acids is 1. The molecule has 1 aromatic rings. The second kappa shape index (κ2) is 2.99. The number of nitriles is 1. The molecule has 0 aliphatic heterocycles. The SMILES string of the molecule is Cc1[nH]c(C(N)=O)c(C#N)c1Br. The van der Waals surface area contributed by atoms with Gasteiger partial charge in [-0.05, 0) is 22.9 Å². The number of primary amides is 1. The number of aromatic nitrogens is 1. The van der Waals surface area contributed by atoms with E-state index in [1.807, 2.05) is 6.07 Å². The van der Waals surface area contributed by atoms with Crippen LogP contribution in [0.15, 0.2) is 4.47 Å². The molecule has 3 N–H and O–H groups in total. The van der Waals surface area contributed by atoms with Gasteiger partial charge in [0.2, 0.25) is 0 Å². The van der Waals surface area contributed by atoms with Crippen molar-refractivity contribution in [1.29, 1.82) is 5.26 Å². The minimum atomic E-state index is -0.625. The molecule has 0 spiro atoms. The number of hydrogen-bond acceptors (Lipinski definition) is 2. The molecule has 0 bridgehead atoms. The summed E-state index contributed by atoms with van der Waals surface area (Å²) in [6.07, 6.45) is 0. The van der Waals surface area contributed by atoms with Gasteiger partial charge in [0.05, 0.1) is 10.0 Å². The van der Waals surface area contributed by atoms with Crippen molar-refractivity contribution in [3.05, 3.63) is 21.4 Å². The summed E-state index contributed by atoms with van der Waals surface area (Å²) in [5, 5.41) is 8.65. The van der Waals surface area contributed by atoms with Gasteiger partial charge >= 0.3 is 0 Å². The number of halogens is 1. The molecule has 1 heterocycles. The van der Waals surface area contributed by atoms with Crippen LogP contribution in [0.3, 0.4) is 0 Å². The number of H-pyrrole nitrogens is 1. The van der Waals surface area contributed by atoms with Gasteiger partial charge in [-0.15, -0.1) is 0 Å². The number of aromatic amines is 1. The molecule has 0 aliphatic rings. The topological polar surface area (TPSA) is 82.7 Å². The normalized spacial score (nSPS) is 9.42. The van der Waals surface area contributed by atoms with Crippen molar-refractivity contribution in [2.45, 2.75) is 6.92 Å². The minimum absolute atomic E-state index is 0.155. The number of aryl methyl sites for hydroxylation is 1. The van der Waals surface area contributed by atoms with E-state index in [4.69, 9.17) is 11.0 Å². The highest BCUT2D eigenvalue weighted by atomic mass is 79.9. The van der Waals surface area contributed by atoms with E-state index in [1.54, 1.807) is 6.92 Å². The van der Waals surface area contributed by atoms with E-state index in [0.29, 0.717) is 4.47 Å². The average Bonchev–Trinajstić information content (AvgIpc) is 2.29. The molecule has 1 rings (SSSR count). The molecule has 4 nitrogen and oxygen atoms in total. The lowest BCUT2D eigenvalue weighted by Gasteiger charge is -1.88. The molecule has 62 valence electrons. The van der Waals surface area contributed by atoms with Crippen LogP contribution in [0.25, 0.3) is 0 Å². The Labute approximate surface area is 77.5 Å². The highest BCUT2D eigenvalue weighted by Gasteiger charge is 2.15. The molecule has 1 aromatic heterocycles. The zero-order chi connectivity index (χ0) is 9.30. The van der Waals surface area contributed by atoms with Gasteiger partial charge in [0.1, 0.15) is 11.8 Å². The third kappa shape index (κ3) is 1.21. The monoisotopic (exact) mass is 227 g/mol. The summed E-state index contributed by atoms with van der Waals surface area (Å²) in [4.78, 5) is 13.5. The molecular weight excluding hydrogens is 222 g/mol.